The monoisotopic (exact) mass is 216 g/mol. The van der Waals surface area contributed by atoms with Crippen LogP contribution in [0.5, 0.6) is 0 Å². The quantitative estimate of drug-likeness (QED) is 0.659. The molecule has 86 valence electrons. The third kappa shape index (κ3) is 1.36. The second kappa shape index (κ2) is 2.96. The standard InChI is InChI=1S/C9H17BO5/c1-6(2)5-7(3,11)8(4,12)9-13-10(14-9)15-9/h6,11-12H,5H2,1-4H3. The highest BCUT2D eigenvalue weighted by atomic mass is 17.1. The van der Waals surface area contributed by atoms with Crippen molar-refractivity contribution in [2.24, 2.45) is 5.92 Å². The van der Waals surface area contributed by atoms with Crippen LogP contribution in [0.3, 0.4) is 0 Å². The first-order valence-corrected chi connectivity index (χ1v) is 5.18. The molecule has 0 radical (unpaired) electrons. The first kappa shape index (κ1) is 11.4. The van der Waals surface area contributed by atoms with Crippen molar-refractivity contribution in [1.29, 1.82) is 0 Å². The van der Waals surface area contributed by atoms with E-state index in [0.717, 1.165) is 0 Å². The lowest BCUT2D eigenvalue weighted by atomic mass is 9.74. The molecule has 0 aromatic heterocycles. The maximum atomic E-state index is 10.3. The molecule has 3 aliphatic heterocycles. The summed E-state index contributed by atoms with van der Waals surface area (Å²) < 4.78 is 15.3. The summed E-state index contributed by atoms with van der Waals surface area (Å²) in [4.78, 5) is 0. The van der Waals surface area contributed by atoms with Crippen LogP contribution in [-0.4, -0.2) is 34.7 Å². The summed E-state index contributed by atoms with van der Waals surface area (Å²) in [6.07, 6.45) is 0.433. The minimum atomic E-state index is -1.58. The molecule has 2 atom stereocenters. The van der Waals surface area contributed by atoms with E-state index in [2.05, 4.69) is 0 Å². The van der Waals surface area contributed by atoms with Crippen LogP contribution in [0, 0.1) is 5.92 Å². The van der Waals surface area contributed by atoms with E-state index in [1.807, 2.05) is 13.8 Å². The molecule has 5 nitrogen and oxygen atoms in total. The first-order chi connectivity index (χ1) is 6.70. The minimum Gasteiger partial charge on any atom is -0.387 e. The van der Waals surface area contributed by atoms with Crippen LogP contribution < -0.4 is 0 Å². The van der Waals surface area contributed by atoms with Crippen LogP contribution in [0.15, 0.2) is 0 Å². The topological polar surface area (TPSA) is 68.2 Å². The molecule has 0 saturated carbocycles. The molecule has 3 heterocycles. The van der Waals surface area contributed by atoms with Gasteiger partial charge in [-0.1, -0.05) is 13.8 Å². The normalized spacial score (nSPS) is 30.2. The van der Waals surface area contributed by atoms with Gasteiger partial charge in [0.25, 0.3) is 5.97 Å². The Morgan fingerprint density at radius 2 is 1.67 bits per heavy atom. The van der Waals surface area contributed by atoms with Crippen LogP contribution in [0.4, 0.5) is 0 Å². The van der Waals surface area contributed by atoms with E-state index in [9.17, 15) is 10.2 Å². The van der Waals surface area contributed by atoms with E-state index < -0.39 is 24.5 Å². The highest BCUT2D eigenvalue weighted by molar-refractivity contribution is 6.43. The second-order valence-corrected chi connectivity index (χ2v) is 5.14. The summed E-state index contributed by atoms with van der Waals surface area (Å²) in [7, 11) is -0.661. The van der Waals surface area contributed by atoms with Crippen LogP contribution >= 0.6 is 0 Å². The zero-order valence-electron chi connectivity index (χ0n) is 9.48. The van der Waals surface area contributed by atoms with Gasteiger partial charge in [-0.3, -0.25) is 0 Å². The molecule has 0 aromatic carbocycles. The zero-order chi connectivity index (χ0) is 11.5. The van der Waals surface area contributed by atoms with Crippen molar-refractivity contribution in [2.75, 3.05) is 0 Å². The van der Waals surface area contributed by atoms with Gasteiger partial charge in [-0.15, -0.1) is 0 Å². The van der Waals surface area contributed by atoms with E-state index >= 15 is 0 Å². The van der Waals surface area contributed by atoms with E-state index in [1.54, 1.807) is 6.92 Å². The SMILES string of the molecule is CC(C)CC(C)(O)C(C)(O)C12OB(O1)O2. The molecule has 0 aromatic rings. The van der Waals surface area contributed by atoms with Crippen LogP contribution in [-0.2, 0) is 14.0 Å². The number of hydrogen-bond donors (Lipinski definition) is 2. The molecular formula is C9H17BO5. The largest absolute Gasteiger partial charge is 0.651 e. The Hall–Kier alpha value is -0.135. The highest BCUT2D eigenvalue weighted by Gasteiger charge is 2.79. The zero-order valence-corrected chi connectivity index (χ0v) is 9.48. The summed E-state index contributed by atoms with van der Waals surface area (Å²) in [5.74, 6) is -1.21. The molecule has 2 N–H and O–H groups in total. The Kier molecular flexibility index (Phi) is 2.24. The van der Waals surface area contributed by atoms with Gasteiger partial charge in [0.2, 0.25) is 0 Å². The van der Waals surface area contributed by atoms with E-state index in [-0.39, 0.29) is 5.92 Å². The van der Waals surface area contributed by atoms with Gasteiger partial charge in [0, 0.05) is 0 Å². The Labute approximate surface area is 89.5 Å². The summed E-state index contributed by atoms with van der Waals surface area (Å²) in [6.45, 7) is 6.96. The molecule has 15 heavy (non-hydrogen) atoms. The number of aliphatic hydroxyl groups is 2. The van der Waals surface area contributed by atoms with Gasteiger partial charge in [0.15, 0.2) is 5.60 Å². The van der Waals surface area contributed by atoms with Gasteiger partial charge in [-0.05, 0) is 26.2 Å². The van der Waals surface area contributed by atoms with Gasteiger partial charge >= 0.3 is 7.32 Å². The molecule has 0 aliphatic carbocycles. The van der Waals surface area contributed by atoms with Crippen molar-refractivity contribution in [3.63, 3.8) is 0 Å². The predicted molar refractivity (Wildman–Crippen MR) is 52.4 cm³/mol. The van der Waals surface area contributed by atoms with Gasteiger partial charge < -0.3 is 24.2 Å². The summed E-state index contributed by atoms with van der Waals surface area (Å²) in [5, 5.41) is 20.5. The molecule has 0 spiro atoms. The minimum absolute atomic E-state index is 0.249. The van der Waals surface area contributed by atoms with Crippen LogP contribution in [0.1, 0.15) is 34.1 Å². The molecule has 6 heteroatoms. The first-order valence-electron chi connectivity index (χ1n) is 5.18. The van der Waals surface area contributed by atoms with E-state index in [1.165, 1.54) is 6.92 Å². The van der Waals surface area contributed by atoms with Crippen molar-refractivity contribution in [1.82, 2.24) is 0 Å². The molecule has 2 unspecified atom stereocenters. The van der Waals surface area contributed by atoms with Gasteiger partial charge in [-0.25, -0.2) is 0 Å². The van der Waals surface area contributed by atoms with Gasteiger partial charge in [-0.2, -0.15) is 0 Å². The molecule has 3 fully saturated rings. The maximum absolute atomic E-state index is 10.3. The summed E-state index contributed by atoms with van der Waals surface area (Å²) >= 11 is 0. The lowest BCUT2D eigenvalue weighted by Gasteiger charge is -2.64. The molecule has 3 rings (SSSR count). The fraction of sp³-hybridized carbons (Fsp3) is 1.00. The highest BCUT2D eigenvalue weighted by Crippen LogP contribution is 2.53. The van der Waals surface area contributed by atoms with E-state index in [4.69, 9.17) is 14.0 Å². The van der Waals surface area contributed by atoms with Gasteiger partial charge in [0.05, 0.1) is 5.60 Å². The fourth-order valence-electron chi connectivity index (χ4n) is 2.07. The Morgan fingerprint density at radius 1 is 1.20 bits per heavy atom. The fourth-order valence-corrected chi connectivity index (χ4v) is 2.07. The Bertz CT molecular complexity index is 259. The molecule has 3 saturated heterocycles. The lowest BCUT2D eigenvalue weighted by Crippen LogP contribution is -2.86. The van der Waals surface area contributed by atoms with Crippen LogP contribution in [0.2, 0.25) is 0 Å². The molecule has 0 amide bonds. The van der Waals surface area contributed by atoms with Crippen molar-refractivity contribution in [2.45, 2.75) is 51.3 Å². The summed E-state index contributed by atoms with van der Waals surface area (Å²) in [5.41, 5.74) is -2.91. The molecule has 3 aliphatic rings. The smallest absolute Gasteiger partial charge is 0.387 e. The van der Waals surface area contributed by atoms with Crippen molar-refractivity contribution in [3.05, 3.63) is 0 Å². The average Bonchev–Trinajstić information content (AvgIpc) is 1.72. The second-order valence-electron chi connectivity index (χ2n) is 5.14. The average molecular weight is 216 g/mol. The van der Waals surface area contributed by atoms with Crippen molar-refractivity contribution < 1.29 is 24.2 Å². The Morgan fingerprint density at radius 3 is 1.93 bits per heavy atom. The summed E-state index contributed by atoms with van der Waals surface area (Å²) in [6, 6.07) is 0. The lowest BCUT2D eigenvalue weighted by molar-refractivity contribution is -0.525. The molecular weight excluding hydrogens is 199 g/mol. The van der Waals surface area contributed by atoms with Crippen LogP contribution in [0.25, 0.3) is 0 Å². The van der Waals surface area contributed by atoms with Crippen molar-refractivity contribution >= 4 is 7.32 Å². The van der Waals surface area contributed by atoms with Gasteiger partial charge in [0.1, 0.15) is 0 Å². The number of hydrogen-bond acceptors (Lipinski definition) is 5. The van der Waals surface area contributed by atoms with Crippen molar-refractivity contribution in [3.8, 4) is 0 Å². The molecule has 2 bridgehead atoms. The third-order valence-electron chi connectivity index (χ3n) is 3.20. The third-order valence-corrected chi connectivity index (χ3v) is 3.20. The Balaban J connectivity index is 2.12. The van der Waals surface area contributed by atoms with E-state index in [0.29, 0.717) is 6.42 Å². The maximum Gasteiger partial charge on any atom is 0.651 e. The number of rotatable bonds is 4. The predicted octanol–water partition coefficient (Wildman–Crippen LogP) is 0.250.